The maximum atomic E-state index is 13.7. The number of rotatable bonds is 7. The van der Waals surface area contributed by atoms with E-state index in [1.54, 1.807) is 14.2 Å². The third kappa shape index (κ3) is 6.53. The number of guanidine groups is 1. The largest absolute Gasteiger partial charge is 0.493 e. The van der Waals surface area contributed by atoms with E-state index in [1.807, 2.05) is 25.1 Å². The molecular formula is C19H24F2IN3O2. The van der Waals surface area contributed by atoms with E-state index in [2.05, 4.69) is 15.6 Å². The maximum absolute atomic E-state index is 13.7. The molecule has 0 fully saturated rings. The van der Waals surface area contributed by atoms with Gasteiger partial charge in [-0.3, -0.25) is 0 Å². The van der Waals surface area contributed by atoms with Crippen molar-refractivity contribution >= 4 is 29.9 Å². The Labute approximate surface area is 175 Å². The van der Waals surface area contributed by atoms with Crippen molar-refractivity contribution in [1.82, 2.24) is 10.6 Å². The second kappa shape index (κ2) is 11.6. The van der Waals surface area contributed by atoms with E-state index >= 15 is 0 Å². The normalized spacial score (nSPS) is 10.8. The molecule has 0 atom stereocenters. The van der Waals surface area contributed by atoms with E-state index < -0.39 is 11.6 Å². The quantitative estimate of drug-likeness (QED) is 0.351. The Balaban J connectivity index is 0.00000364. The maximum Gasteiger partial charge on any atom is 0.191 e. The molecule has 0 heterocycles. The molecule has 148 valence electrons. The smallest absolute Gasteiger partial charge is 0.191 e. The van der Waals surface area contributed by atoms with Crippen LogP contribution in [-0.2, 0) is 13.1 Å². The third-order valence-electron chi connectivity index (χ3n) is 3.69. The lowest BCUT2D eigenvalue weighted by Gasteiger charge is -2.15. The van der Waals surface area contributed by atoms with Gasteiger partial charge in [0.25, 0.3) is 0 Å². The highest BCUT2D eigenvalue weighted by Gasteiger charge is 2.10. The summed E-state index contributed by atoms with van der Waals surface area (Å²) in [6.45, 7) is 3.00. The van der Waals surface area contributed by atoms with E-state index in [9.17, 15) is 8.78 Å². The predicted molar refractivity (Wildman–Crippen MR) is 113 cm³/mol. The molecule has 0 aliphatic rings. The zero-order valence-electron chi connectivity index (χ0n) is 15.5. The lowest BCUT2D eigenvalue weighted by molar-refractivity contribution is 0.351. The van der Waals surface area contributed by atoms with Gasteiger partial charge in [-0.05, 0) is 31.2 Å². The molecule has 27 heavy (non-hydrogen) atoms. The molecule has 8 heteroatoms. The van der Waals surface area contributed by atoms with Gasteiger partial charge in [-0.1, -0.05) is 12.1 Å². The molecule has 0 radical (unpaired) electrons. The van der Waals surface area contributed by atoms with Crippen molar-refractivity contribution in [2.24, 2.45) is 4.99 Å². The molecule has 0 saturated carbocycles. The van der Waals surface area contributed by atoms with Crippen molar-refractivity contribution in [2.75, 3.05) is 20.8 Å². The monoisotopic (exact) mass is 491 g/mol. The third-order valence-corrected chi connectivity index (χ3v) is 3.69. The minimum Gasteiger partial charge on any atom is -0.493 e. The van der Waals surface area contributed by atoms with Gasteiger partial charge < -0.3 is 20.1 Å². The summed E-state index contributed by atoms with van der Waals surface area (Å²) in [5.41, 5.74) is 1.08. The summed E-state index contributed by atoms with van der Waals surface area (Å²) >= 11 is 0. The number of para-hydroxylation sites is 1. The highest BCUT2D eigenvalue weighted by molar-refractivity contribution is 14.0. The number of ether oxygens (including phenoxy) is 2. The van der Waals surface area contributed by atoms with Crippen LogP contribution in [0.15, 0.2) is 41.4 Å². The van der Waals surface area contributed by atoms with E-state index in [1.165, 1.54) is 0 Å². The van der Waals surface area contributed by atoms with Crippen LogP contribution in [0.1, 0.15) is 18.1 Å². The van der Waals surface area contributed by atoms with Crippen LogP contribution in [0.2, 0.25) is 0 Å². The lowest BCUT2D eigenvalue weighted by Crippen LogP contribution is -2.36. The number of hydrogen-bond acceptors (Lipinski definition) is 3. The number of halogens is 3. The molecule has 2 N–H and O–H groups in total. The topological polar surface area (TPSA) is 54.9 Å². The number of methoxy groups -OCH3 is 2. The standard InChI is InChI=1S/C19H23F2N3O2.HI/c1-4-22-19(24-12-14-10-15(20)8-9-16(14)21)23-11-13-6-5-7-17(25-2)18(13)26-3;/h5-10H,4,11-12H2,1-3H3,(H2,22,23,24);1H. The molecule has 2 aromatic carbocycles. The molecule has 0 aromatic heterocycles. The summed E-state index contributed by atoms with van der Waals surface area (Å²) in [5.74, 6) is 0.780. The van der Waals surface area contributed by atoms with Crippen LogP contribution in [0.3, 0.4) is 0 Å². The highest BCUT2D eigenvalue weighted by atomic mass is 127. The molecule has 0 aliphatic carbocycles. The summed E-state index contributed by atoms with van der Waals surface area (Å²) in [5, 5.41) is 6.23. The van der Waals surface area contributed by atoms with E-state index in [0.717, 1.165) is 23.8 Å². The molecule has 0 unspecified atom stereocenters. The second-order valence-corrected chi connectivity index (χ2v) is 5.44. The van der Waals surface area contributed by atoms with Gasteiger partial charge in [-0.15, -0.1) is 24.0 Å². The number of nitrogens with one attached hydrogen (secondary N) is 2. The summed E-state index contributed by atoms with van der Waals surface area (Å²) < 4.78 is 37.7. The number of benzene rings is 2. The zero-order chi connectivity index (χ0) is 18.9. The Morgan fingerprint density at radius 2 is 1.81 bits per heavy atom. The van der Waals surface area contributed by atoms with Crippen LogP contribution in [0, 0.1) is 11.6 Å². The van der Waals surface area contributed by atoms with Gasteiger partial charge >= 0.3 is 0 Å². The Morgan fingerprint density at radius 1 is 1.04 bits per heavy atom. The van der Waals surface area contributed by atoms with Crippen LogP contribution in [0.4, 0.5) is 8.78 Å². The molecule has 0 spiro atoms. The average Bonchev–Trinajstić information content (AvgIpc) is 2.65. The van der Waals surface area contributed by atoms with Crippen molar-refractivity contribution in [1.29, 1.82) is 0 Å². The van der Waals surface area contributed by atoms with Gasteiger partial charge in [-0.25, -0.2) is 13.8 Å². The molecule has 0 aliphatic heterocycles. The fourth-order valence-electron chi connectivity index (χ4n) is 2.44. The minimum atomic E-state index is -0.490. The summed E-state index contributed by atoms with van der Waals surface area (Å²) in [6, 6.07) is 8.92. The fourth-order valence-corrected chi connectivity index (χ4v) is 2.44. The van der Waals surface area contributed by atoms with Gasteiger partial charge in [0, 0.05) is 24.2 Å². The first-order valence-corrected chi connectivity index (χ1v) is 8.25. The number of aliphatic imine (C=N–C) groups is 1. The zero-order valence-corrected chi connectivity index (χ0v) is 17.8. The van der Waals surface area contributed by atoms with Gasteiger partial charge in [0.15, 0.2) is 17.5 Å². The molecule has 2 aromatic rings. The van der Waals surface area contributed by atoms with Crippen LogP contribution < -0.4 is 20.1 Å². The molecule has 5 nitrogen and oxygen atoms in total. The molecule has 0 saturated heterocycles. The summed E-state index contributed by atoms with van der Waals surface area (Å²) in [4.78, 5) is 4.31. The summed E-state index contributed by atoms with van der Waals surface area (Å²) in [7, 11) is 3.15. The van der Waals surface area contributed by atoms with Crippen LogP contribution in [0.5, 0.6) is 11.5 Å². The highest BCUT2D eigenvalue weighted by Crippen LogP contribution is 2.30. The van der Waals surface area contributed by atoms with Gasteiger partial charge in [-0.2, -0.15) is 0 Å². The average molecular weight is 491 g/mol. The molecular weight excluding hydrogens is 467 g/mol. The van der Waals surface area contributed by atoms with Crippen molar-refractivity contribution in [3.05, 3.63) is 59.2 Å². The Bertz CT molecular complexity index is 773. The molecule has 2 rings (SSSR count). The minimum absolute atomic E-state index is 0. The first-order chi connectivity index (χ1) is 12.6. The van der Waals surface area contributed by atoms with E-state index in [4.69, 9.17) is 9.47 Å². The van der Waals surface area contributed by atoms with E-state index in [0.29, 0.717) is 30.5 Å². The Morgan fingerprint density at radius 3 is 2.48 bits per heavy atom. The van der Waals surface area contributed by atoms with Crippen molar-refractivity contribution in [3.63, 3.8) is 0 Å². The van der Waals surface area contributed by atoms with Crippen LogP contribution in [0.25, 0.3) is 0 Å². The van der Waals surface area contributed by atoms with Crippen molar-refractivity contribution < 1.29 is 18.3 Å². The predicted octanol–water partition coefficient (Wildman–Crippen LogP) is 3.86. The molecule has 0 bridgehead atoms. The van der Waals surface area contributed by atoms with Gasteiger partial charge in [0.2, 0.25) is 0 Å². The number of hydrogen-bond donors (Lipinski definition) is 2. The van der Waals surface area contributed by atoms with Crippen molar-refractivity contribution in [2.45, 2.75) is 20.0 Å². The Hall–Kier alpha value is -2.10. The molecule has 0 amide bonds. The SMILES string of the molecule is CCNC(=NCc1cc(F)ccc1F)NCc1cccc(OC)c1OC.I. The Kier molecular flexibility index (Phi) is 9.84. The van der Waals surface area contributed by atoms with Gasteiger partial charge in [0.05, 0.1) is 20.8 Å². The van der Waals surface area contributed by atoms with Crippen LogP contribution in [-0.4, -0.2) is 26.7 Å². The van der Waals surface area contributed by atoms with Gasteiger partial charge in [0.1, 0.15) is 11.6 Å². The first kappa shape index (κ1) is 22.9. The van der Waals surface area contributed by atoms with Crippen molar-refractivity contribution in [3.8, 4) is 11.5 Å². The van der Waals surface area contributed by atoms with Crippen LogP contribution >= 0.6 is 24.0 Å². The number of nitrogens with zero attached hydrogens (tertiary/aromatic N) is 1. The fraction of sp³-hybridized carbons (Fsp3) is 0.316. The van der Waals surface area contributed by atoms with E-state index in [-0.39, 0.29) is 36.1 Å². The lowest BCUT2D eigenvalue weighted by atomic mass is 10.2. The summed E-state index contributed by atoms with van der Waals surface area (Å²) in [6.07, 6.45) is 0. The second-order valence-electron chi connectivity index (χ2n) is 5.44. The first-order valence-electron chi connectivity index (χ1n) is 8.25.